The summed E-state index contributed by atoms with van der Waals surface area (Å²) >= 11 is 0. The van der Waals surface area contributed by atoms with Crippen LogP contribution in [-0.4, -0.2) is 34.6 Å². The van der Waals surface area contributed by atoms with Crippen molar-refractivity contribution < 1.29 is 19.4 Å². The molecule has 6 N–H and O–H groups in total. The number of pyridine rings is 1. The van der Waals surface area contributed by atoms with Gasteiger partial charge >= 0.3 is 5.97 Å². The zero-order valence-electron chi connectivity index (χ0n) is 15.5. The van der Waals surface area contributed by atoms with Gasteiger partial charge in [0.15, 0.2) is 11.6 Å². The van der Waals surface area contributed by atoms with Gasteiger partial charge in [0, 0.05) is 0 Å². The number of aliphatic hydroxyl groups excluding tert-OH is 1. The molecule has 28 heavy (non-hydrogen) atoms. The normalized spacial score (nSPS) is 13.1. The molecule has 0 bridgehead atoms. The molecule has 1 heterocycles. The Kier molecular flexibility index (Phi) is 7.13. The number of para-hydroxylation sites is 1. The van der Waals surface area contributed by atoms with Crippen molar-refractivity contribution in [3.8, 4) is 5.75 Å². The maximum absolute atomic E-state index is 11.9. The Morgan fingerprint density at radius 2 is 1.86 bits per heavy atom. The van der Waals surface area contributed by atoms with E-state index in [9.17, 15) is 9.59 Å². The Morgan fingerprint density at radius 1 is 1.18 bits per heavy atom. The molecule has 0 spiro atoms. The number of aromatic nitrogens is 1. The Morgan fingerprint density at radius 3 is 2.50 bits per heavy atom. The zero-order chi connectivity index (χ0) is 20.7. The van der Waals surface area contributed by atoms with Crippen LogP contribution in [-0.2, 0) is 9.59 Å². The van der Waals surface area contributed by atoms with Gasteiger partial charge < -0.3 is 26.6 Å². The number of nitrogens with one attached hydrogen (secondary N) is 1. The van der Waals surface area contributed by atoms with Gasteiger partial charge in [0.05, 0.1) is 18.6 Å². The first-order valence-corrected chi connectivity index (χ1v) is 8.48. The van der Waals surface area contributed by atoms with E-state index < -0.39 is 23.8 Å². The molecule has 2 rings (SSSR count). The van der Waals surface area contributed by atoms with Gasteiger partial charge in [-0.1, -0.05) is 12.1 Å². The summed E-state index contributed by atoms with van der Waals surface area (Å²) < 4.78 is 5.24. The van der Waals surface area contributed by atoms with Crippen LogP contribution in [0.15, 0.2) is 46.6 Å². The first kappa shape index (κ1) is 20.9. The number of benzene rings is 1. The lowest BCUT2D eigenvalue weighted by Crippen LogP contribution is -2.32. The minimum atomic E-state index is -0.685. The van der Waals surface area contributed by atoms with E-state index in [-0.39, 0.29) is 29.7 Å². The number of carbonyl (C=O) groups is 2. The summed E-state index contributed by atoms with van der Waals surface area (Å²) in [5.74, 6) is -1.15. The predicted molar refractivity (Wildman–Crippen MR) is 103 cm³/mol. The van der Waals surface area contributed by atoms with Gasteiger partial charge in [0.25, 0.3) is 0 Å². The molecule has 10 heteroatoms. The number of nitrogens with zero attached hydrogens (tertiary/aromatic N) is 3. The molecule has 148 valence electrons. The molecular weight excluding hydrogens is 364 g/mol. The van der Waals surface area contributed by atoms with Crippen molar-refractivity contribution in [2.24, 2.45) is 21.9 Å². The first-order chi connectivity index (χ1) is 13.3. The van der Waals surface area contributed by atoms with E-state index >= 15 is 0 Å². The second-order valence-electron chi connectivity index (χ2n) is 6.05. The van der Waals surface area contributed by atoms with Crippen molar-refractivity contribution >= 4 is 34.9 Å². The summed E-state index contributed by atoms with van der Waals surface area (Å²) in [6.07, 6.45) is 0. The number of hydrogen-bond acceptors (Lipinski definition) is 9. The molecule has 0 saturated carbocycles. The number of esters is 1. The second kappa shape index (κ2) is 9.53. The fraction of sp³-hybridized carbons (Fsp3) is 0.278. The van der Waals surface area contributed by atoms with Gasteiger partial charge in [0.2, 0.25) is 5.91 Å². The third-order valence-electron chi connectivity index (χ3n) is 3.58. The van der Waals surface area contributed by atoms with E-state index in [0.717, 1.165) is 0 Å². The van der Waals surface area contributed by atoms with E-state index in [1.807, 2.05) is 0 Å². The lowest BCUT2D eigenvalue weighted by molar-refractivity contribution is -0.139. The SMILES string of the molecule is C[C@H](N)C(=O)Nc1ccc(N=Nc2ccccc2OC(=O)[C@@H](C)CO)c(N)n1. The van der Waals surface area contributed by atoms with Crippen LogP contribution < -0.4 is 21.5 Å². The summed E-state index contributed by atoms with van der Waals surface area (Å²) in [5.41, 5.74) is 11.9. The smallest absolute Gasteiger partial charge is 0.316 e. The molecule has 0 unspecified atom stereocenters. The maximum Gasteiger partial charge on any atom is 0.316 e. The minimum absolute atomic E-state index is 0.0506. The highest BCUT2D eigenvalue weighted by molar-refractivity contribution is 5.93. The number of carbonyl (C=O) groups excluding carboxylic acids is 2. The van der Waals surface area contributed by atoms with Crippen LogP contribution in [0, 0.1) is 5.92 Å². The quantitative estimate of drug-likeness (QED) is 0.320. The molecule has 0 saturated heterocycles. The summed E-state index contributed by atoms with van der Waals surface area (Å²) in [7, 11) is 0. The number of aliphatic hydroxyl groups is 1. The number of nitrogens with two attached hydrogens (primary N) is 2. The van der Waals surface area contributed by atoms with Crippen LogP contribution in [0.2, 0.25) is 0 Å². The number of azo groups is 1. The van der Waals surface area contributed by atoms with Crippen molar-refractivity contribution in [3.63, 3.8) is 0 Å². The fourth-order valence-corrected chi connectivity index (χ4v) is 1.88. The third kappa shape index (κ3) is 5.56. The van der Waals surface area contributed by atoms with Crippen LogP contribution >= 0.6 is 0 Å². The van der Waals surface area contributed by atoms with Gasteiger partial charge in [-0.05, 0) is 38.1 Å². The summed E-state index contributed by atoms with van der Waals surface area (Å²) in [6.45, 7) is 2.77. The number of nitrogen functional groups attached to an aromatic ring is 1. The van der Waals surface area contributed by atoms with Crippen LogP contribution in [0.3, 0.4) is 0 Å². The summed E-state index contributed by atoms with van der Waals surface area (Å²) in [4.78, 5) is 27.5. The number of rotatable bonds is 7. The molecule has 0 fully saturated rings. The monoisotopic (exact) mass is 386 g/mol. The second-order valence-corrected chi connectivity index (χ2v) is 6.05. The van der Waals surface area contributed by atoms with Gasteiger partial charge in [-0.2, -0.15) is 0 Å². The molecule has 0 aliphatic carbocycles. The Balaban J connectivity index is 2.18. The van der Waals surface area contributed by atoms with E-state index in [4.69, 9.17) is 21.3 Å². The van der Waals surface area contributed by atoms with Crippen molar-refractivity contribution in [1.82, 2.24) is 4.98 Å². The highest BCUT2D eigenvalue weighted by Crippen LogP contribution is 2.31. The van der Waals surface area contributed by atoms with Crippen molar-refractivity contribution in [2.75, 3.05) is 17.7 Å². The Labute approximate surface area is 161 Å². The van der Waals surface area contributed by atoms with Crippen LogP contribution in [0.1, 0.15) is 13.8 Å². The van der Waals surface area contributed by atoms with Crippen molar-refractivity contribution in [2.45, 2.75) is 19.9 Å². The van der Waals surface area contributed by atoms with Gasteiger partial charge in [-0.15, -0.1) is 10.2 Å². The maximum atomic E-state index is 11.9. The van der Waals surface area contributed by atoms with E-state index in [0.29, 0.717) is 5.69 Å². The summed E-state index contributed by atoms with van der Waals surface area (Å²) in [6, 6.07) is 8.91. The molecule has 10 nitrogen and oxygen atoms in total. The average molecular weight is 386 g/mol. The predicted octanol–water partition coefficient (Wildman–Crippen LogP) is 1.90. The van der Waals surface area contributed by atoms with Crippen molar-refractivity contribution in [1.29, 1.82) is 0 Å². The Hall–Kier alpha value is -3.37. The number of amides is 1. The van der Waals surface area contributed by atoms with Crippen molar-refractivity contribution in [3.05, 3.63) is 36.4 Å². The van der Waals surface area contributed by atoms with E-state index in [1.165, 1.54) is 12.1 Å². The van der Waals surface area contributed by atoms with Gasteiger partial charge in [-0.3, -0.25) is 9.59 Å². The standard InChI is InChI=1S/C18H22N6O4/c1-10(9-25)18(27)28-14-6-4-3-5-12(14)23-24-13-7-8-15(21-16(13)20)22-17(26)11(2)19/h3-8,10-11,25H,9,19H2,1-2H3,(H3,20,21,22,26)/t10-,11-/m0/s1. The number of anilines is 2. The van der Waals surface area contributed by atoms with E-state index in [2.05, 4.69) is 20.5 Å². The average Bonchev–Trinajstić information content (AvgIpc) is 2.67. The van der Waals surface area contributed by atoms with Crippen LogP contribution in [0.4, 0.5) is 23.0 Å². The molecule has 1 aromatic carbocycles. The highest BCUT2D eigenvalue weighted by atomic mass is 16.5. The molecular formula is C18H22N6O4. The molecule has 0 radical (unpaired) electrons. The first-order valence-electron chi connectivity index (χ1n) is 8.48. The summed E-state index contributed by atoms with van der Waals surface area (Å²) in [5, 5.41) is 19.6. The van der Waals surface area contributed by atoms with Crippen LogP contribution in [0.5, 0.6) is 5.75 Å². The number of hydrogen-bond donors (Lipinski definition) is 4. The molecule has 0 aliphatic heterocycles. The molecule has 2 atom stereocenters. The van der Waals surface area contributed by atoms with Gasteiger partial charge in [-0.25, -0.2) is 4.98 Å². The molecule has 1 aromatic heterocycles. The lowest BCUT2D eigenvalue weighted by Gasteiger charge is -2.10. The Bertz CT molecular complexity index is 884. The molecule has 1 amide bonds. The topological polar surface area (TPSA) is 165 Å². The third-order valence-corrected chi connectivity index (χ3v) is 3.58. The fourth-order valence-electron chi connectivity index (χ4n) is 1.88. The minimum Gasteiger partial charge on any atom is -0.424 e. The highest BCUT2D eigenvalue weighted by Gasteiger charge is 2.16. The van der Waals surface area contributed by atoms with Crippen LogP contribution in [0.25, 0.3) is 0 Å². The molecule has 2 aromatic rings. The lowest BCUT2D eigenvalue weighted by atomic mass is 10.2. The molecule has 0 aliphatic rings. The van der Waals surface area contributed by atoms with Gasteiger partial charge in [0.1, 0.15) is 17.2 Å². The zero-order valence-corrected chi connectivity index (χ0v) is 15.5. The number of ether oxygens (including phenoxy) is 1. The van der Waals surface area contributed by atoms with E-state index in [1.54, 1.807) is 38.1 Å². The largest absolute Gasteiger partial charge is 0.424 e.